The van der Waals surface area contributed by atoms with Gasteiger partial charge in [0.1, 0.15) is 0 Å². The van der Waals surface area contributed by atoms with Crippen molar-refractivity contribution in [1.29, 1.82) is 0 Å². The molecular weight excluding hydrogens is 299 g/mol. The molecule has 0 amide bonds. The Bertz CT molecular complexity index is 166. The molecule has 0 spiro atoms. The van der Waals surface area contributed by atoms with Gasteiger partial charge in [-0.1, -0.05) is 0 Å². The van der Waals surface area contributed by atoms with E-state index in [1.165, 1.54) is 0 Å². The minimum absolute atomic E-state index is 0. The summed E-state index contributed by atoms with van der Waals surface area (Å²) in [5, 5.41) is 0. The van der Waals surface area contributed by atoms with Crippen LogP contribution in [0, 0.1) is 0 Å². The van der Waals surface area contributed by atoms with Crippen LogP contribution in [0.3, 0.4) is 0 Å². The van der Waals surface area contributed by atoms with Gasteiger partial charge in [0.25, 0.3) is 0 Å². The van der Waals surface area contributed by atoms with Crippen molar-refractivity contribution in [2.24, 2.45) is 0 Å². The third-order valence-electron chi connectivity index (χ3n) is 0.966. The van der Waals surface area contributed by atoms with Gasteiger partial charge in [-0.2, -0.15) is 26.3 Å². The van der Waals surface area contributed by atoms with Gasteiger partial charge in [0.15, 0.2) is 0 Å². The van der Waals surface area contributed by atoms with Gasteiger partial charge in [-0.25, -0.2) is 0 Å². The Kier molecular flexibility index (Phi) is 3.51. The minimum atomic E-state index is -5.66. The fourth-order valence-corrected chi connectivity index (χ4v) is 0.374. The summed E-state index contributed by atoms with van der Waals surface area (Å²) in [5.41, 5.74) is 0. The molecule has 1 aliphatic rings. The molecular formula is C3CsF6O. The van der Waals surface area contributed by atoms with Crippen molar-refractivity contribution >= 4 is 68.9 Å². The maximum Gasteiger partial charge on any atom is 0.458 e. The number of ether oxygens (including phenoxy) is 1. The van der Waals surface area contributed by atoms with Crippen LogP contribution in [0.5, 0.6) is 0 Å². The van der Waals surface area contributed by atoms with Crippen LogP contribution in [-0.4, -0.2) is 87.0 Å². The average molecular weight is 299 g/mol. The van der Waals surface area contributed by atoms with Gasteiger partial charge in [-0.3, -0.25) is 4.74 Å². The first kappa shape index (κ1) is 12.6. The number of alkyl halides is 6. The average Bonchev–Trinajstić information content (AvgIpc) is 2.05. The molecule has 0 bridgehead atoms. The van der Waals surface area contributed by atoms with Crippen molar-refractivity contribution in [3.05, 3.63) is 0 Å². The smallest absolute Gasteiger partial charge is 0.263 e. The Hall–Kier alpha value is 1.59. The third-order valence-corrected chi connectivity index (χ3v) is 0.966. The standard InChI is InChI=1S/C3F6O.Cs/c4-1(2(5,6)7)3(8,9)10-1;. The Morgan fingerprint density at radius 1 is 1.00 bits per heavy atom. The van der Waals surface area contributed by atoms with Crippen LogP contribution in [0.2, 0.25) is 0 Å². The van der Waals surface area contributed by atoms with Crippen LogP contribution < -0.4 is 0 Å². The molecule has 1 nitrogen and oxygen atoms in total. The van der Waals surface area contributed by atoms with Gasteiger partial charge < -0.3 is 0 Å². The summed E-state index contributed by atoms with van der Waals surface area (Å²) in [6, 6.07) is 0. The summed E-state index contributed by atoms with van der Waals surface area (Å²) in [4.78, 5) is 0. The van der Waals surface area contributed by atoms with Crippen LogP contribution >= 0.6 is 0 Å². The molecule has 11 heavy (non-hydrogen) atoms. The van der Waals surface area contributed by atoms with E-state index < -0.39 is 18.1 Å². The Morgan fingerprint density at radius 3 is 1.27 bits per heavy atom. The molecule has 1 saturated heterocycles. The summed E-state index contributed by atoms with van der Waals surface area (Å²) >= 11 is 0. The molecule has 0 aromatic rings. The van der Waals surface area contributed by atoms with Crippen molar-refractivity contribution < 1.29 is 31.1 Å². The van der Waals surface area contributed by atoms with Crippen molar-refractivity contribution in [2.45, 2.75) is 18.1 Å². The van der Waals surface area contributed by atoms with Gasteiger partial charge in [-0.15, -0.1) is 0 Å². The van der Waals surface area contributed by atoms with Crippen molar-refractivity contribution in [3.8, 4) is 0 Å². The molecule has 1 atom stereocenters. The van der Waals surface area contributed by atoms with Crippen molar-refractivity contribution in [3.63, 3.8) is 0 Å². The summed E-state index contributed by atoms with van der Waals surface area (Å²) < 4.78 is 70.4. The Morgan fingerprint density at radius 2 is 1.27 bits per heavy atom. The molecule has 0 aromatic heterocycles. The zero-order valence-electron chi connectivity index (χ0n) is 5.18. The number of halogens is 6. The van der Waals surface area contributed by atoms with Gasteiger partial charge in [0.05, 0.1) is 0 Å². The SMILES string of the molecule is FC(F)(F)C1(F)OC1(F)F.[Cs]. The van der Waals surface area contributed by atoms with E-state index in [4.69, 9.17) is 0 Å². The van der Waals surface area contributed by atoms with Gasteiger partial charge >= 0.3 is 18.1 Å². The predicted molar refractivity (Wildman–Crippen MR) is 21.7 cm³/mol. The molecule has 61 valence electrons. The molecule has 1 fully saturated rings. The maximum absolute atomic E-state index is 11.7. The van der Waals surface area contributed by atoms with Crippen LogP contribution in [0.25, 0.3) is 0 Å². The number of hydrogen-bond donors (Lipinski definition) is 0. The van der Waals surface area contributed by atoms with E-state index in [1.54, 1.807) is 0 Å². The molecule has 1 rings (SSSR count). The molecule has 1 unspecified atom stereocenters. The first-order valence-electron chi connectivity index (χ1n) is 2.04. The van der Waals surface area contributed by atoms with E-state index in [-0.39, 0.29) is 68.9 Å². The molecule has 1 heterocycles. The Labute approximate surface area is 116 Å². The molecule has 1 aliphatic heterocycles. The number of hydrogen-bond acceptors (Lipinski definition) is 1. The van der Waals surface area contributed by atoms with E-state index in [9.17, 15) is 26.3 Å². The van der Waals surface area contributed by atoms with Gasteiger partial charge in [-0.05, 0) is 0 Å². The van der Waals surface area contributed by atoms with Gasteiger partial charge in [0, 0.05) is 68.9 Å². The fourth-order valence-electron chi connectivity index (χ4n) is 0.374. The second-order valence-electron chi connectivity index (χ2n) is 1.71. The zero-order valence-corrected chi connectivity index (χ0v) is 11.5. The first-order valence-corrected chi connectivity index (χ1v) is 2.04. The summed E-state index contributed by atoms with van der Waals surface area (Å²) in [5.74, 6) is -4.75. The monoisotopic (exact) mass is 299 g/mol. The van der Waals surface area contributed by atoms with Crippen LogP contribution in [0.1, 0.15) is 0 Å². The molecule has 0 aliphatic carbocycles. The molecule has 0 saturated carbocycles. The second-order valence-corrected chi connectivity index (χ2v) is 1.71. The summed E-state index contributed by atoms with van der Waals surface area (Å²) in [6.45, 7) is 0. The normalized spacial score (nSPS) is 34.4. The van der Waals surface area contributed by atoms with E-state index >= 15 is 0 Å². The van der Waals surface area contributed by atoms with E-state index in [0.717, 1.165) is 0 Å². The van der Waals surface area contributed by atoms with E-state index in [1.807, 2.05) is 0 Å². The van der Waals surface area contributed by atoms with Gasteiger partial charge in [0.2, 0.25) is 0 Å². The topological polar surface area (TPSA) is 12.5 Å². The molecule has 0 aromatic carbocycles. The van der Waals surface area contributed by atoms with Crippen molar-refractivity contribution in [2.75, 3.05) is 0 Å². The van der Waals surface area contributed by atoms with Crippen LogP contribution in [0.4, 0.5) is 26.3 Å². The van der Waals surface area contributed by atoms with Crippen LogP contribution in [0.15, 0.2) is 0 Å². The Balaban J connectivity index is 0.000001000. The van der Waals surface area contributed by atoms with E-state index in [2.05, 4.69) is 4.74 Å². The fraction of sp³-hybridized carbons (Fsp3) is 1.00. The van der Waals surface area contributed by atoms with Crippen LogP contribution in [-0.2, 0) is 4.74 Å². The second kappa shape index (κ2) is 3.07. The largest absolute Gasteiger partial charge is 0.458 e. The number of rotatable bonds is 0. The predicted octanol–water partition coefficient (Wildman–Crippen LogP) is 1.46. The first-order chi connectivity index (χ1) is 4.21. The summed E-state index contributed by atoms with van der Waals surface area (Å²) in [7, 11) is 0. The molecule has 1 radical (unpaired) electrons. The maximum atomic E-state index is 11.7. The number of epoxide rings is 1. The quantitative estimate of drug-likeness (QED) is 0.487. The van der Waals surface area contributed by atoms with Crippen molar-refractivity contribution in [1.82, 2.24) is 0 Å². The minimum Gasteiger partial charge on any atom is -0.263 e. The molecule has 0 N–H and O–H groups in total. The molecule has 8 heteroatoms. The summed E-state index contributed by atoms with van der Waals surface area (Å²) in [6.07, 6.45) is -10.4. The van der Waals surface area contributed by atoms with E-state index in [0.29, 0.717) is 0 Å². The third kappa shape index (κ3) is 1.92. The zero-order chi connectivity index (χ0) is 8.21.